The number of rotatable bonds is 4. The van der Waals surface area contributed by atoms with Crippen molar-refractivity contribution in [2.75, 3.05) is 26.8 Å². The number of imidazole rings is 1. The average Bonchev–Trinajstić information content (AvgIpc) is 3.47. The van der Waals surface area contributed by atoms with Gasteiger partial charge >= 0.3 is 6.09 Å². The normalized spacial score (nSPS) is 16.2. The molecule has 1 atom stereocenters. The van der Waals surface area contributed by atoms with Gasteiger partial charge in [0.15, 0.2) is 0 Å². The number of hydrogen-bond acceptors (Lipinski definition) is 6. The second kappa shape index (κ2) is 8.82. The van der Waals surface area contributed by atoms with Gasteiger partial charge in [-0.1, -0.05) is 0 Å². The first kappa shape index (κ1) is 22.0. The van der Waals surface area contributed by atoms with Crippen molar-refractivity contribution < 1.29 is 31.9 Å². The third-order valence-corrected chi connectivity index (χ3v) is 5.64. The highest BCUT2D eigenvalue weighted by molar-refractivity contribution is 5.71. The Kier molecular flexibility index (Phi) is 5.70. The van der Waals surface area contributed by atoms with Crippen LogP contribution >= 0.6 is 0 Å². The molecule has 1 amide bonds. The van der Waals surface area contributed by atoms with Gasteiger partial charge in [0.25, 0.3) is 0 Å². The Morgan fingerprint density at radius 2 is 2.03 bits per heavy atom. The van der Waals surface area contributed by atoms with Gasteiger partial charge in [-0.05, 0) is 18.2 Å². The van der Waals surface area contributed by atoms with Crippen LogP contribution in [0.2, 0.25) is 0 Å². The molecule has 176 valence electrons. The smallest absolute Gasteiger partial charge is 0.409 e. The van der Waals surface area contributed by atoms with E-state index in [1.54, 1.807) is 4.40 Å². The summed E-state index contributed by atoms with van der Waals surface area (Å²) in [6, 6.07) is 4.61. The van der Waals surface area contributed by atoms with E-state index in [1.807, 2.05) is 0 Å². The summed E-state index contributed by atoms with van der Waals surface area (Å²) in [5.74, 6) is -2.22. The fourth-order valence-corrected chi connectivity index (χ4v) is 4.11. The van der Waals surface area contributed by atoms with Crippen LogP contribution < -0.4 is 0 Å². The molecule has 1 aliphatic heterocycles. The first-order valence-corrected chi connectivity index (χ1v) is 10.4. The van der Waals surface area contributed by atoms with Crippen molar-refractivity contribution in [1.29, 1.82) is 0 Å². The van der Waals surface area contributed by atoms with Crippen molar-refractivity contribution in [3.05, 3.63) is 66.1 Å². The van der Waals surface area contributed by atoms with Crippen molar-refractivity contribution in [3.63, 3.8) is 0 Å². The highest BCUT2D eigenvalue weighted by Gasteiger charge is 2.29. The Bertz CT molecular complexity index is 1330. The van der Waals surface area contributed by atoms with Crippen molar-refractivity contribution in [2.24, 2.45) is 0 Å². The fraction of sp³-hybridized carbons (Fsp3) is 0.261. The molecule has 34 heavy (non-hydrogen) atoms. The van der Waals surface area contributed by atoms with Crippen LogP contribution in [-0.4, -0.2) is 58.3 Å². The number of oxazole rings is 1. The molecular weight excluding hydrogens is 453 g/mol. The lowest BCUT2D eigenvalue weighted by Gasteiger charge is -2.32. The minimum absolute atomic E-state index is 0.0124. The van der Waals surface area contributed by atoms with Gasteiger partial charge in [0.2, 0.25) is 5.89 Å². The molecule has 1 aromatic carbocycles. The van der Waals surface area contributed by atoms with Crippen molar-refractivity contribution in [3.8, 4) is 22.7 Å². The largest absolute Gasteiger partial charge is 0.453 e. The summed E-state index contributed by atoms with van der Waals surface area (Å²) >= 11 is 0. The minimum Gasteiger partial charge on any atom is -0.453 e. The first-order chi connectivity index (χ1) is 16.4. The predicted octanol–water partition coefficient (Wildman–Crippen LogP) is 4.08. The highest BCUT2D eigenvalue weighted by atomic mass is 19.1. The van der Waals surface area contributed by atoms with Crippen molar-refractivity contribution in [2.45, 2.75) is 12.5 Å². The highest BCUT2D eigenvalue weighted by Crippen LogP contribution is 2.34. The van der Waals surface area contributed by atoms with E-state index in [0.29, 0.717) is 12.2 Å². The van der Waals surface area contributed by atoms with Gasteiger partial charge in [-0.25, -0.2) is 27.9 Å². The summed E-state index contributed by atoms with van der Waals surface area (Å²) < 4.78 is 61.6. The average molecular weight is 472 g/mol. The zero-order valence-corrected chi connectivity index (χ0v) is 18.0. The Morgan fingerprint density at radius 1 is 1.24 bits per heavy atom. The van der Waals surface area contributed by atoms with Gasteiger partial charge < -0.3 is 23.2 Å². The second-order valence-electron chi connectivity index (χ2n) is 7.75. The number of hydrogen-bond donors (Lipinski definition) is 0. The number of amides is 1. The number of morpholine rings is 1. The van der Waals surface area contributed by atoms with E-state index in [0.717, 1.165) is 12.1 Å². The molecule has 1 fully saturated rings. The molecular formula is C23H19F3N4O4. The summed E-state index contributed by atoms with van der Waals surface area (Å²) in [5.41, 5.74) is 0.368. The number of carbonyl (C=O) groups is 1. The van der Waals surface area contributed by atoms with Crippen LogP contribution in [0.25, 0.3) is 28.4 Å². The summed E-state index contributed by atoms with van der Waals surface area (Å²) in [4.78, 5) is 21.7. The third-order valence-electron chi connectivity index (χ3n) is 5.64. The molecule has 0 radical (unpaired) electrons. The lowest BCUT2D eigenvalue weighted by atomic mass is 10.0. The number of fused-ring (bicyclic) bond motifs is 1. The van der Waals surface area contributed by atoms with Crippen LogP contribution in [0.4, 0.5) is 18.0 Å². The molecule has 0 unspecified atom stereocenters. The van der Waals surface area contributed by atoms with Crippen LogP contribution in [0.15, 0.2) is 47.3 Å². The molecule has 0 spiro atoms. The number of methoxy groups -OCH3 is 1. The number of halogens is 3. The quantitative estimate of drug-likeness (QED) is 0.445. The molecule has 11 heteroatoms. The van der Waals surface area contributed by atoms with Crippen molar-refractivity contribution >= 4 is 11.7 Å². The number of ether oxygens (including phenoxy) is 2. The molecule has 0 N–H and O–H groups in total. The van der Waals surface area contributed by atoms with Gasteiger partial charge in [-0.3, -0.25) is 0 Å². The van der Waals surface area contributed by atoms with Gasteiger partial charge in [-0.15, -0.1) is 0 Å². The van der Waals surface area contributed by atoms with E-state index in [1.165, 1.54) is 42.8 Å². The fourth-order valence-electron chi connectivity index (χ4n) is 4.11. The van der Waals surface area contributed by atoms with Crippen LogP contribution in [0.3, 0.4) is 0 Å². The Hall–Kier alpha value is -3.86. The molecule has 0 saturated carbocycles. The number of pyridine rings is 1. The second-order valence-corrected chi connectivity index (χ2v) is 7.75. The number of benzene rings is 1. The topological polar surface area (TPSA) is 82.1 Å². The van der Waals surface area contributed by atoms with Crippen molar-refractivity contribution in [1.82, 2.24) is 19.3 Å². The molecule has 4 heterocycles. The predicted molar refractivity (Wildman–Crippen MR) is 113 cm³/mol. The maximum Gasteiger partial charge on any atom is 0.409 e. The number of aromatic nitrogens is 3. The van der Waals surface area contributed by atoms with Crippen LogP contribution in [0, 0.1) is 17.5 Å². The maximum atomic E-state index is 15.2. The molecule has 0 aliphatic carbocycles. The SMILES string of the molecule is COC(=O)N1CCO[C@@H](Cc2c(-c3c(F)cc(-c4ncco4)cc3F)nc3cc(F)ccn23)C1. The van der Waals surface area contributed by atoms with Gasteiger partial charge in [0.1, 0.15) is 29.4 Å². The molecule has 5 rings (SSSR count). The molecule has 0 bridgehead atoms. The van der Waals surface area contributed by atoms with Crippen LogP contribution in [0.1, 0.15) is 5.69 Å². The molecule has 3 aromatic heterocycles. The van der Waals surface area contributed by atoms with E-state index in [4.69, 9.17) is 13.9 Å². The summed E-state index contributed by atoms with van der Waals surface area (Å²) in [6.07, 6.45) is 3.29. The van der Waals surface area contributed by atoms with E-state index in [-0.39, 0.29) is 47.9 Å². The first-order valence-electron chi connectivity index (χ1n) is 10.4. The lowest BCUT2D eigenvalue weighted by molar-refractivity contribution is -0.0241. The lowest BCUT2D eigenvalue weighted by Crippen LogP contribution is -2.46. The molecule has 1 saturated heterocycles. The van der Waals surface area contributed by atoms with E-state index in [2.05, 4.69) is 9.97 Å². The monoisotopic (exact) mass is 472 g/mol. The molecule has 8 nitrogen and oxygen atoms in total. The minimum atomic E-state index is -0.876. The summed E-state index contributed by atoms with van der Waals surface area (Å²) in [6.45, 7) is 0.850. The molecule has 4 aromatic rings. The third kappa shape index (κ3) is 3.98. The summed E-state index contributed by atoms with van der Waals surface area (Å²) in [5, 5.41) is 0. The standard InChI is InChI=1S/C23H19F3N4O4/c1-32-23(31)29-5-7-33-15(12-29)11-18-21(28-19-10-14(24)2-4-30(18)19)20-16(25)8-13(9-17(20)26)22-27-3-6-34-22/h2-4,6,8-10,15H,5,7,11-12H2,1H3/t15-/m0/s1. The number of nitrogens with zero attached hydrogens (tertiary/aromatic N) is 4. The zero-order chi connectivity index (χ0) is 23.8. The number of carbonyl (C=O) groups excluding carboxylic acids is 1. The maximum absolute atomic E-state index is 15.2. The molecule has 1 aliphatic rings. The van der Waals surface area contributed by atoms with Gasteiger partial charge in [-0.2, -0.15) is 0 Å². The summed E-state index contributed by atoms with van der Waals surface area (Å²) in [7, 11) is 1.29. The Morgan fingerprint density at radius 3 is 2.74 bits per heavy atom. The van der Waals surface area contributed by atoms with E-state index >= 15 is 8.78 Å². The Balaban J connectivity index is 1.58. The van der Waals surface area contributed by atoms with Gasteiger partial charge in [0.05, 0.1) is 49.5 Å². The van der Waals surface area contributed by atoms with Crippen LogP contribution in [0.5, 0.6) is 0 Å². The van der Waals surface area contributed by atoms with E-state index < -0.39 is 29.6 Å². The van der Waals surface area contributed by atoms with Gasteiger partial charge in [0, 0.05) is 30.8 Å². The zero-order valence-electron chi connectivity index (χ0n) is 18.0. The van der Waals surface area contributed by atoms with Crippen LogP contribution in [-0.2, 0) is 15.9 Å². The van der Waals surface area contributed by atoms with E-state index in [9.17, 15) is 9.18 Å². The Labute approximate surface area is 191 Å².